The summed E-state index contributed by atoms with van der Waals surface area (Å²) in [4.78, 5) is 2.51. The fraction of sp³-hybridized carbons (Fsp3) is 0.571. The van der Waals surface area contributed by atoms with Crippen LogP contribution in [0.3, 0.4) is 0 Å². The molecule has 1 aromatic carbocycles. The molecular formula is C21H34N2. The van der Waals surface area contributed by atoms with Crippen LogP contribution in [0, 0.1) is 23.7 Å². The number of nitrogens with zero attached hydrogens (tertiary/aromatic N) is 2. The number of hydrogen-bond acceptors (Lipinski definition) is 2. The minimum Gasteiger partial charge on any atom is -0.299 e. The molecule has 1 aliphatic heterocycles. The van der Waals surface area contributed by atoms with Crippen molar-refractivity contribution in [3.8, 4) is 6.07 Å². The molecule has 2 rings (SSSR count). The van der Waals surface area contributed by atoms with E-state index in [1.807, 2.05) is 20.8 Å². The van der Waals surface area contributed by atoms with Crippen LogP contribution in [-0.4, -0.2) is 18.0 Å². The van der Waals surface area contributed by atoms with Crippen molar-refractivity contribution in [3.63, 3.8) is 0 Å². The fourth-order valence-electron chi connectivity index (χ4n) is 2.69. The molecule has 0 unspecified atom stereocenters. The average Bonchev–Trinajstić information content (AvgIpc) is 2.53. The third kappa shape index (κ3) is 8.57. The Morgan fingerprint density at radius 2 is 1.87 bits per heavy atom. The smallest absolute Gasteiger partial charge is 0.0627 e. The SMILES string of the molecule is C=CC.CC.Cc1cccc(CN2CCC(C)(CC#N)CC2)c1. The Balaban J connectivity index is 0.000000868. The van der Waals surface area contributed by atoms with Crippen LogP contribution in [0.15, 0.2) is 36.9 Å². The van der Waals surface area contributed by atoms with E-state index >= 15 is 0 Å². The Kier molecular flexibility index (Phi) is 11.1. The van der Waals surface area contributed by atoms with Crippen molar-refractivity contribution in [2.24, 2.45) is 5.41 Å². The van der Waals surface area contributed by atoms with Crippen molar-refractivity contribution < 1.29 is 0 Å². The number of likely N-dealkylation sites (tertiary alicyclic amines) is 1. The third-order valence-electron chi connectivity index (χ3n) is 4.06. The molecule has 0 amide bonds. The molecule has 0 radical (unpaired) electrons. The molecule has 128 valence electrons. The first-order valence-corrected chi connectivity index (χ1v) is 8.75. The lowest BCUT2D eigenvalue weighted by atomic mass is 9.78. The maximum atomic E-state index is 8.85. The van der Waals surface area contributed by atoms with Gasteiger partial charge in [0, 0.05) is 13.0 Å². The number of hydrogen-bond donors (Lipinski definition) is 0. The molecule has 0 N–H and O–H groups in total. The summed E-state index contributed by atoms with van der Waals surface area (Å²) in [5.74, 6) is 0. The van der Waals surface area contributed by atoms with E-state index in [4.69, 9.17) is 5.26 Å². The molecule has 0 saturated carbocycles. The second kappa shape index (κ2) is 11.9. The van der Waals surface area contributed by atoms with E-state index in [0.717, 1.165) is 32.5 Å². The molecule has 0 bridgehead atoms. The number of rotatable bonds is 3. The first-order valence-electron chi connectivity index (χ1n) is 8.75. The van der Waals surface area contributed by atoms with Crippen LogP contribution in [0.2, 0.25) is 0 Å². The first-order chi connectivity index (χ1) is 11.0. The van der Waals surface area contributed by atoms with Gasteiger partial charge in [0.2, 0.25) is 0 Å². The predicted octanol–water partition coefficient (Wildman–Crippen LogP) is 5.73. The van der Waals surface area contributed by atoms with E-state index < -0.39 is 0 Å². The molecule has 1 saturated heterocycles. The van der Waals surface area contributed by atoms with Gasteiger partial charge in [-0.1, -0.05) is 56.7 Å². The summed E-state index contributed by atoms with van der Waals surface area (Å²) in [6.07, 6.45) is 4.74. The summed E-state index contributed by atoms with van der Waals surface area (Å²) < 4.78 is 0. The molecular weight excluding hydrogens is 280 g/mol. The molecule has 2 heteroatoms. The zero-order valence-electron chi connectivity index (χ0n) is 15.7. The van der Waals surface area contributed by atoms with Gasteiger partial charge in [-0.2, -0.15) is 5.26 Å². The molecule has 1 aliphatic rings. The molecule has 1 aromatic rings. The van der Waals surface area contributed by atoms with Crippen molar-refractivity contribution in [1.82, 2.24) is 4.90 Å². The lowest BCUT2D eigenvalue weighted by molar-refractivity contribution is 0.116. The monoisotopic (exact) mass is 314 g/mol. The number of benzene rings is 1. The van der Waals surface area contributed by atoms with Crippen molar-refractivity contribution in [2.45, 2.75) is 60.4 Å². The van der Waals surface area contributed by atoms with E-state index in [1.165, 1.54) is 11.1 Å². The van der Waals surface area contributed by atoms with Gasteiger partial charge < -0.3 is 0 Å². The van der Waals surface area contributed by atoms with E-state index in [9.17, 15) is 0 Å². The molecule has 2 nitrogen and oxygen atoms in total. The van der Waals surface area contributed by atoms with Crippen molar-refractivity contribution in [2.75, 3.05) is 13.1 Å². The van der Waals surface area contributed by atoms with Gasteiger partial charge in [-0.05, 0) is 50.8 Å². The Hall–Kier alpha value is -1.59. The van der Waals surface area contributed by atoms with Crippen LogP contribution in [-0.2, 0) is 6.54 Å². The van der Waals surface area contributed by atoms with Gasteiger partial charge in [-0.15, -0.1) is 6.58 Å². The van der Waals surface area contributed by atoms with Crippen LogP contribution in [0.1, 0.15) is 58.1 Å². The maximum absolute atomic E-state index is 8.85. The molecule has 23 heavy (non-hydrogen) atoms. The summed E-state index contributed by atoms with van der Waals surface area (Å²) in [6, 6.07) is 11.1. The lowest BCUT2D eigenvalue weighted by Crippen LogP contribution is -2.38. The zero-order chi connectivity index (χ0) is 17.7. The van der Waals surface area contributed by atoms with Gasteiger partial charge >= 0.3 is 0 Å². The Bertz CT molecular complexity index is 477. The van der Waals surface area contributed by atoms with Gasteiger partial charge in [0.1, 0.15) is 0 Å². The lowest BCUT2D eigenvalue weighted by Gasteiger charge is -2.38. The molecule has 0 atom stereocenters. The van der Waals surface area contributed by atoms with Gasteiger partial charge in [0.25, 0.3) is 0 Å². The first kappa shape index (κ1) is 21.4. The Morgan fingerprint density at radius 3 is 2.35 bits per heavy atom. The van der Waals surface area contributed by atoms with Gasteiger partial charge in [0.15, 0.2) is 0 Å². The number of piperidine rings is 1. The maximum Gasteiger partial charge on any atom is 0.0627 e. The number of nitriles is 1. The molecule has 0 spiro atoms. The van der Waals surface area contributed by atoms with E-state index in [2.05, 4.69) is 55.7 Å². The van der Waals surface area contributed by atoms with Crippen LogP contribution >= 0.6 is 0 Å². The van der Waals surface area contributed by atoms with Crippen molar-refractivity contribution >= 4 is 0 Å². The predicted molar refractivity (Wildman–Crippen MR) is 101 cm³/mol. The average molecular weight is 315 g/mol. The van der Waals surface area contributed by atoms with E-state index in [0.29, 0.717) is 6.42 Å². The summed E-state index contributed by atoms with van der Waals surface area (Å²) in [6.45, 7) is 16.9. The largest absolute Gasteiger partial charge is 0.299 e. The second-order valence-corrected chi connectivity index (χ2v) is 6.32. The quantitative estimate of drug-likeness (QED) is 0.666. The fourth-order valence-corrected chi connectivity index (χ4v) is 2.69. The Labute approximate surface area is 143 Å². The van der Waals surface area contributed by atoms with Crippen LogP contribution in [0.4, 0.5) is 0 Å². The van der Waals surface area contributed by atoms with Crippen LogP contribution in [0.25, 0.3) is 0 Å². The van der Waals surface area contributed by atoms with E-state index in [-0.39, 0.29) is 5.41 Å². The minimum atomic E-state index is 0.248. The highest BCUT2D eigenvalue weighted by Gasteiger charge is 2.29. The van der Waals surface area contributed by atoms with Crippen LogP contribution in [0.5, 0.6) is 0 Å². The highest BCUT2D eigenvalue weighted by atomic mass is 15.1. The molecule has 1 fully saturated rings. The number of allylic oxidation sites excluding steroid dienone is 1. The van der Waals surface area contributed by atoms with Crippen molar-refractivity contribution in [1.29, 1.82) is 5.26 Å². The highest BCUT2D eigenvalue weighted by molar-refractivity contribution is 5.22. The second-order valence-electron chi connectivity index (χ2n) is 6.32. The molecule has 1 heterocycles. The minimum absolute atomic E-state index is 0.248. The zero-order valence-corrected chi connectivity index (χ0v) is 15.7. The summed E-state index contributed by atoms with van der Waals surface area (Å²) >= 11 is 0. The standard InChI is InChI=1S/C16H22N2.C3H6.C2H6/c1-14-4-3-5-15(12-14)13-18-10-7-16(2,6-9-17)8-11-18;1-3-2;1-2/h3-5,12H,6-8,10-11,13H2,1-2H3;3H,1H2,2H3;1-2H3. The van der Waals surface area contributed by atoms with E-state index in [1.54, 1.807) is 6.08 Å². The summed E-state index contributed by atoms with van der Waals surface area (Å²) in [5, 5.41) is 8.85. The number of aryl methyl sites for hydroxylation is 1. The van der Waals surface area contributed by atoms with Crippen molar-refractivity contribution in [3.05, 3.63) is 48.0 Å². The third-order valence-corrected chi connectivity index (χ3v) is 4.06. The summed E-state index contributed by atoms with van der Waals surface area (Å²) in [7, 11) is 0. The highest BCUT2D eigenvalue weighted by Crippen LogP contribution is 2.34. The summed E-state index contributed by atoms with van der Waals surface area (Å²) in [5.41, 5.74) is 2.98. The molecule has 0 aliphatic carbocycles. The topological polar surface area (TPSA) is 27.0 Å². The normalized spacial score (nSPS) is 16.0. The molecule has 0 aromatic heterocycles. The van der Waals surface area contributed by atoms with Gasteiger partial charge in [-0.25, -0.2) is 0 Å². The van der Waals surface area contributed by atoms with Gasteiger partial charge in [-0.3, -0.25) is 4.90 Å². The Morgan fingerprint density at radius 1 is 1.30 bits per heavy atom. The van der Waals surface area contributed by atoms with Crippen LogP contribution < -0.4 is 0 Å². The van der Waals surface area contributed by atoms with Gasteiger partial charge in [0.05, 0.1) is 6.07 Å².